The molecule has 3 heterocycles. The van der Waals surface area contributed by atoms with E-state index in [1.165, 1.54) is 13.9 Å². The van der Waals surface area contributed by atoms with Gasteiger partial charge in [0, 0.05) is 33.8 Å². The fourth-order valence-electron chi connectivity index (χ4n) is 4.80. The molecule has 8 nitrogen and oxygen atoms in total. The monoisotopic (exact) mass is 571 g/mol. The standard InChI is InChI=1S/C30H23Cl2N5O3/c1-2-17-35-30(39)37-28(34-35)26(21-7-11-23(31)12-8-21)27(22-9-13-24(32)14-10-22)29(38)36(37)18-19-3-5-20(6-4-19)25-15-16-33-40-25/h3-16H,2,17-18H2,1H3. The van der Waals surface area contributed by atoms with E-state index in [9.17, 15) is 9.59 Å². The Morgan fingerprint density at radius 2 is 1.38 bits per heavy atom. The summed E-state index contributed by atoms with van der Waals surface area (Å²) in [6.45, 7) is 2.53. The second-order valence-corrected chi connectivity index (χ2v) is 10.2. The normalized spacial score (nSPS) is 11.4. The third kappa shape index (κ3) is 4.65. The van der Waals surface area contributed by atoms with Gasteiger partial charge in [-0.25, -0.2) is 14.2 Å². The van der Waals surface area contributed by atoms with Crippen molar-refractivity contribution in [3.63, 3.8) is 0 Å². The molecule has 0 aliphatic heterocycles. The van der Waals surface area contributed by atoms with Crippen molar-refractivity contribution in [1.29, 1.82) is 0 Å². The summed E-state index contributed by atoms with van der Waals surface area (Å²) < 4.78 is 9.49. The van der Waals surface area contributed by atoms with Crippen LogP contribution in [0.25, 0.3) is 39.2 Å². The lowest BCUT2D eigenvalue weighted by Crippen LogP contribution is -2.35. The van der Waals surface area contributed by atoms with E-state index < -0.39 is 0 Å². The molecule has 6 rings (SSSR count). The first-order valence-electron chi connectivity index (χ1n) is 12.7. The predicted molar refractivity (Wildman–Crippen MR) is 156 cm³/mol. The molecule has 0 unspecified atom stereocenters. The van der Waals surface area contributed by atoms with Gasteiger partial charge in [0.2, 0.25) is 0 Å². The zero-order valence-corrected chi connectivity index (χ0v) is 22.9. The number of hydrogen-bond acceptors (Lipinski definition) is 5. The minimum atomic E-state index is -0.384. The number of aromatic nitrogens is 5. The number of nitrogens with zero attached hydrogens (tertiary/aromatic N) is 5. The van der Waals surface area contributed by atoms with Gasteiger partial charge in [0.05, 0.1) is 18.3 Å². The molecular weight excluding hydrogens is 549 g/mol. The fraction of sp³-hybridized carbons (Fsp3) is 0.133. The maximum Gasteiger partial charge on any atom is 0.365 e. The molecule has 0 bridgehead atoms. The molecule has 0 atom stereocenters. The SMILES string of the molecule is CCCn1nc2c(-c3ccc(Cl)cc3)c(-c3ccc(Cl)cc3)c(=O)n(Cc3ccc(-c4ccno4)cc3)n2c1=O. The van der Waals surface area contributed by atoms with Gasteiger partial charge in [-0.2, -0.15) is 4.52 Å². The molecule has 6 aromatic rings. The van der Waals surface area contributed by atoms with E-state index in [2.05, 4.69) is 5.16 Å². The zero-order chi connectivity index (χ0) is 27.8. The lowest BCUT2D eigenvalue weighted by atomic mass is 9.96. The van der Waals surface area contributed by atoms with E-state index in [1.54, 1.807) is 48.7 Å². The fourth-order valence-corrected chi connectivity index (χ4v) is 5.05. The van der Waals surface area contributed by atoms with Gasteiger partial charge in [0.1, 0.15) is 0 Å². The molecule has 10 heteroatoms. The summed E-state index contributed by atoms with van der Waals surface area (Å²) in [5.41, 5.74) is 3.68. The van der Waals surface area contributed by atoms with Crippen LogP contribution in [0.1, 0.15) is 18.9 Å². The van der Waals surface area contributed by atoms with Crippen LogP contribution in [0, 0.1) is 0 Å². The second kappa shape index (κ2) is 10.6. The lowest BCUT2D eigenvalue weighted by Gasteiger charge is -2.16. The van der Waals surface area contributed by atoms with Crippen molar-refractivity contribution in [2.75, 3.05) is 0 Å². The van der Waals surface area contributed by atoms with Crippen LogP contribution in [0.2, 0.25) is 10.0 Å². The lowest BCUT2D eigenvalue weighted by molar-refractivity contribution is 0.432. The van der Waals surface area contributed by atoms with Crippen molar-refractivity contribution < 1.29 is 4.52 Å². The summed E-state index contributed by atoms with van der Waals surface area (Å²) in [7, 11) is 0. The highest BCUT2D eigenvalue weighted by molar-refractivity contribution is 6.31. The van der Waals surface area contributed by atoms with Crippen molar-refractivity contribution in [1.82, 2.24) is 24.1 Å². The molecule has 40 heavy (non-hydrogen) atoms. The molecule has 0 aliphatic rings. The number of benzene rings is 3. The minimum absolute atomic E-state index is 0.144. The van der Waals surface area contributed by atoms with E-state index in [0.29, 0.717) is 56.7 Å². The summed E-state index contributed by atoms with van der Waals surface area (Å²) >= 11 is 12.4. The average Bonchev–Trinajstić information content (AvgIpc) is 3.61. The largest absolute Gasteiger partial charge is 0.365 e. The van der Waals surface area contributed by atoms with Crippen LogP contribution < -0.4 is 11.2 Å². The second-order valence-electron chi connectivity index (χ2n) is 9.34. The van der Waals surface area contributed by atoms with Crippen LogP contribution in [-0.4, -0.2) is 24.1 Å². The summed E-state index contributed by atoms with van der Waals surface area (Å²) in [5.74, 6) is 0.639. The number of hydrogen-bond donors (Lipinski definition) is 0. The van der Waals surface area contributed by atoms with Crippen LogP contribution in [-0.2, 0) is 13.1 Å². The zero-order valence-electron chi connectivity index (χ0n) is 21.4. The van der Waals surface area contributed by atoms with Crippen LogP contribution in [0.4, 0.5) is 0 Å². The van der Waals surface area contributed by atoms with Crippen LogP contribution in [0.15, 0.2) is 99.2 Å². The quantitative estimate of drug-likeness (QED) is 0.221. The molecule has 0 saturated heterocycles. The summed E-state index contributed by atoms with van der Waals surface area (Å²) in [4.78, 5) is 28.1. The van der Waals surface area contributed by atoms with Crippen LogP contribution in [0.5, 0.6) is 0 Å². The Morgan fingerprint density at radius 3 is 1.95 bits per heavy atom. The van der Waals surface area contributed by atoms with E-state index >= 15 is 0 Å². The molecule has 200 valence electrons. The first-order chi connectivity index (χ1) is 19.4. The highest BCUT2D eigenvalue weighted by Crippen LogP contribution is 2.33. The Balaban J connectivity index is 1.63. The maximum atomic E-state index is 14.4. The Hall–Kier alpha value is -4.40. The highest BCUT2D eigenvalue weighted by atomic mass is 35.5. The minimum Gasteiger partial charge on any atom is -0.356 e. The summed E-state index contributed by atoms with van der Waals surface area (Å²) in [6.07, 6.45) is 2.29. The molecule has 0 spiro atoms. The van der Waals surface area contributed by atoms with E-state index in [0.717, 1.165) is 11.1 Å². The first kappa shape index (κ1) is 25.9. The third-order valence-corrected chi connectivity index (χ3v) is 7.20. The Morgan fingerprint density at radius 1 is 0.775 bits per heavy atom. The average molecular weight is 572 g/mol. The molecule has 0 aliphatic carbocycles. The predicted octanol–water partition coefficient (Wildman–Crippen LogP) is 6.41. The van der Waals surface area contributed by atoms with Gasteiger partial charge in [0.15, 0.2) is 11.4 Å². The van der Waals surface area contributed by atoms with Crippen molar-refractivity contribution in [2.45, 2.75) is 26.4 Å². The third-order valence-electron chi connectivity index (χ3n) is 6.69. The number of halogens is 2. The van der Waals surface area contributed by atoms with Crippen molar-refractivity contribution in [2.24, 2.45) is 0 Å². The smallest absolute Gasteiger partial charge is 0.356 e. The first-order valence-corrected chi connectivity index (χ1v) is 13.5. The molecule has 0 amide bonds. The van der Waals surface area contributed by atoms with Gasteiger partial charge in [0.25, 0.3) is 5.56 Å². The molecule has 0 saturated carbocycles. The molecule has 3 aromatic heterocycles. The van der Waals surface area contributed by atoms with E-state index in [-0.39, 0.29) is 17.8 Å². The number of aryl methyl sites for hydroxylation is 1. The Labute approximate surface area is 238 Å². The van der Waals surface area contributed by atoms with Crippen LogP contribution >= 0.6 is 23.2 Å². The van der Waals surface area contributed by atoms with Gasteiger partial charge in [-0.3, -0.25) is 4.79 Å². The molecular formula is C30H23Cl2N5O3. The topological polar surface area (TPSA) is 87.3 Å². The molecule has 0 radical (unpaired) electrons. The Kier molecular flexibility index (Phi) is 6.88. The van der Waals surface area contributed by atoms with Gasteiger partial charge in [-0.05, 0) is 47.4 Å². The number of fused-ring (bicyclic) bond motifs is 1. The van der Waals surface area contributed by atoms with Gasteiger partial charge < -0.3 is 4.52 Å². The summed E-state index contributed by atoms with van der Waals surface area (Å²) in [5, 5.41) is 9.59. The van der Waals surface area contributed by atoms with Crippen LogP contribution in [0.3, 0.4) is 0 Å². The molecule has 3 aromatic carbocycles. The molecule has 0 N–H and O–H groups in total. The van der Waals surface area contributed by atoms with Gasteiger partial charge in [-0.1, -0.05) is 83.8 Å². The Bertz CT molecular complexity index is 1920. The van der Waals surface area contributed by atoms with Crippen molar-refractivity contribution in [3.8, 4) is 33.6 Å². The van der Waals surface area contributed by atoms with Crippen molar-refractivity contribution >= 4 is 28.8 Å². The number of rotatable bonds is 7. The van der Waals surface area contributed by atoms with Gasteiger partial charge >= 0.3 is 5.69 Å². The van der Waals surface area contributed by atoms with E-state index in [4.69, 9.17) is 32.8 Å². The van der Waals surface area contributed by atoms with Crippen molar-refractivity contribution in [3.05, 3.63) is 122 Å². The maximum absolute atomic E-state index is 14.4. The van der Waals surface area contributed by atoms with E-state index in [1.807, 2.05) is 43.3 Å². The molecule has 0 fully saturated rings. The highest BCUT2D eigenvalue weighted by Gasteiger charge is 2.24. The summed E-state index contributed by atoms with van der Waals surface area (Å²) in [6, 6.07) is 23.6. The van der Waals surface area contributed by atoms with Gasteiger partial charge in [-0.15, -0.1) is 5.10 Å².